The van der Waals surface area contributed by atoms with Crippen molar-refractivity contribution in [2.24, 2.45) is 5.92 Å². The fourth-order valence-electron chi connectivity index (χ4n) is 3.18. The van der Waals surface area contributed by atoms with Crippen LogP contribution in [0.5, 0.6) is 0 Å². The largest absolute Gasteiger partial charge is 0.353 e. The van der Waals surface area contributed by atoms with E-state index in [2.05, 4.69) is 66.7 Å². The van der Waals surface area contributed by atoms with Crippen LogP contribution in [-0.2, 0) is 21.3 Å². The second-order valence-corrected chi connectivity index (χ2v) is 8.79. The lowest BCUT2D eigenvalue weighted by atomic mass is 9.87. The van der Waals surface area contributed by atoms with E-state index in [-0.39, 0.29) is 17.8 Å². The molecule has 3 atom stereocenters. The Hall–Kier alpha value is -1.52. The van der Waals surface area contributed by atoms with Gasteiger partial charge in [-0.05, 0) is 25.7 Å². The van der Waals surface area contributed by atoms with E-state index in [0.717, 1.165) is 29.9 Å². The molecule has 1 aliphatic heterocycles. The molecule has 2 unspecified atom stereocenters. The monoisotopic (exact) mass is 372 g/mol. The molecule has 0 N–H and O–H groups in total. The van der Waals surface area contributed by atoms with Crippen LogP contribution in [0.3, 0.4) is 0 Å². The summed E-state index contributed by atoms with van der Waals surface area (Å²) >= 11 is 0. The number of hydrogen-bond donors (Lipinski definition) is 0. The molecular weight excluding hydrogens is 336 g/mol. The Morgan fingerprint density at radius 1 is 1.30 bits per heavy atom. The number of aromatic nitrogens is 2. The number of rotatable bonds is 8. The summed E-state index contributed by atoms with van der Waals surface area (Å²) in [6.45, 7) is 15.2. The number of methoxy groups -OCH3 is 1. The van der Waals surface area contributed by atoms with E-state index >= 15 is 0 Å². The number of ether oxygens (including phenoxy) is 2. The highest BCUT2D eigenvalue weighted by atomic mass is 16.8. The Balaban J connectivity index is 2.02. The molecule has 0 spiro atoms. The molecule has 4 heteroatoms. The Morgan fingerprint density at radius 2 is 2.00 bits per heavy atom. The average molecular weight is 373 g/mol. The van der Waals surface area contributed by atoms with Crippen molar-refractivity contribution < 1.29 is 9.47 Å². The van der Waals surface area contributed by atoms with E-state index < -0.39 is 0 Å². The van der Waals surface area contributed by atoms with Crippen molar-refractivity contribution in [3.05, 3.63) is 47.1 Å². The van der Waals surface area contributed by atoms with Gasteiger partial charge in [-0.3, -0.25) is 9.97 Å². The molecule has 1 saturated heterocycles. The maximum Gasteiger partial charge on any atom is 0.184 e. The summed E-state index contributed by atoms with van der Waals surface area (Å²) in [7, 11) is 1.69. The molecule has 0 bridgehead atoms. The van der Waals surface area contributed by atoms with Crippen molar-refractivity contribution >= 4 is 0 Å². The molecular formula is C23H36N2O2. The first-order valence-electron chi connectivity index (χ1n) is 10.0. The topological polar surface area (TPSA) is 47.5 Å². The zero-order chi connectivity index (χ0) is 20.2. The first kappa shape index (κ1) is 21.8. The minimum atomic E-state index is -0.0377. The minimum Gasteiger partial charge on any atom is -0.353 e. The van der Waals surface area contributed by atoms with Gasteiger partial charge < -0.3 is 9.47 Å². The zero-order valence-corrected chi connectivity index (χ0v) is 18.2. The number of epoxide rings is 1. The van der Waals surface area contributed by atoms with Gasteiger partial charge in [0.1, 0.15) is 6.10 Å². The Bertz CT molecular complexity index is 686. The van der Waals surface area contributed by atoms with Crippen LogP contribution >= 0.6 is 0 Å². The normalized spacial score (nSPS) is 21.9. The van der Waals surface area contributed by atoms with Gasteiger partial charge in [-0.15, -0.1) is 0 Å². The Labute approximate surface area is 165 Å². The van der Waals surface area contributed by atoms with E-state index in [1.165, 1.54) is 5.57 Å². The first-order valence-corrected chi connectivity index (χ1v) is 10.0. The van der Waals surface area contributed by atoms with E-state index in [4.69, 9.17) is 19.4 Å². The van der Waals surface area contributed by atoms with Gasteiger partial charge in [0.2, 0.25) is 0 Å². The molecule has 1 aliphatic rings. The third-order valence-corrected chi connectivity index (χ3v) is 5.00. The van der Waals surface area contributed by atoms with Gasteiger partial charge >= 0.3 is 0 Å². The molecule has 0 saturated carbocycles. The van der Waals surface area contributed by atoms with Gasteiger partial charge in [0.25, 0.3) is 0 Å². The van der Waals surface area contributed by atoms with E-state index in [9.17, 15) is 0 Å². The predicted molar refractivity (Wildman–Crippen MR) is 111 cm³/mol. The Morgan fingerprint density at radius 3 is 2.52 bits per heavy atom. The van der Waals surface area contributed by atoms with E-state index in [0.29, 0.717) is 11.8 Å². The van der Waals surface area contributed by atoms with Crippen molar-refractivity contribution in [3.8, 4) is 0 Å². The fourth-order valence-corrected chi connectivity index (χ4v) is 3.18. The van der Waals surface area contributed by atoms with Crippen LogP contribution in [0.25, 0.3) is 0 Å². The van der Waals surface area contributed by atoms with Crippen molar-refractivity contribution in [2.75, 3.05) is 7.11 Å². The van der Waals surface area contributed by atoms with Crippen LogP contribution in [0.2, 0.25) is 0 Å². The lowest BCUT2D eigenvalue weighted by Crippen LogP contribution is -2.19. The molecule has 1 aromatic heterocycles. The van der Waals surface area contributed by atoms with Crippen LogP contribution < -0.4 is 0 Å². The third-order valence-electron chi connectivity index (χ3n) is 5.00. The molecule has 2 rings (SSSR count). The zero-order valence-electron chi connectivity index (χ0n) is 18.2. The number of nitrogens with zero attached hydrogens (tertiary/aromatic N) is 2. The fraction of sp³-hybridized carbons (Fsp3) is 0.652. The number of allylic oxidation sites excluding steroid dienone is 3. The SMILES string of the molecule is C/C=C(\C=C/C(C)[C@@H]1OC1OC)CCc1cnc(C(C)C)c(C(C)(C)C)n1. The van der Waals surface area contributed by atoms with E-state index in [1.807, 2.05) is 6.20 Å². The molecule has 2 heterocycles. The standard InChI is InChI=1S/C23H36N2O2/c1-9-17(11-10-16(4)20-22(26-8)27-20)12-13-18-14-24-19(15(2)3)21(25-18)23(5,6)7/h9-11,14-16,20,22H,12-13H2,1-8H3/b11-10-,17-9+/t16?,20-,22?/m0/s1. The highest BCUT2D eigenvalue weighted by molar-refractivity contribution is 5.25. The molecule has 4 nitrogen and oxygen atoms in total. The van der Waals surface area contributed by atoms with Gasteiger partial charge in [0.15, 0.2) is 6.29 Å². The van der Waals surface area contributed by atoms with Crippen LogP contribution in [0.4, 0.5) is 0 Å². The maximum atomic E-state index is 5.49. The Kier molecular flexibility index (Phi) is 7.35. The van der Waals surface area contributed by atoms with Gasteiger partial charge in [0, 0.05) is 24.6 Å². The lowest BCUT2D eigenvalue weighted by Gasteiger charge is -2.23. The summed E-state index contributed by atoms with van der Waals surface area (Å²) in [6, 6.07) is 0. The quantitative estimate of drug-likeness (QED) is 0.456. The molecule has 1 aromatic rings. The second kappa shape index (κ2) is 9.11. The van der Waals surface area contributed by atoms with Gasteiger partial charge in [-0.25, -0.2) is 0 Å². The third kappa shape index (κ3) is 5.98. The number of hydrogen-bond acceptors (Lipinski definition) is 4. The molecule has 0 aromatic carbocycles. The van der Waals surface area contributed by atoms with Crippen LogP contribution in [-0.4, -0.2) is 29.5 Å². The van der Waals surface area contributed by atoms with Crippen molar-refractivity contribution in [3.63, 3.8) is 0 Å². The molecule has 0 amide bonds. The summed E-state index contributed by atoms with van der Waals surface area (Å²) in [5, 5.41) is 0. The smallest absolute Gasteiger partial charge is 0.184 e. The molecule has 27 heavy (non-hydrogen) atoms. The minimum absolute atomic E-state index is 0.00350. The highest BCUT2D eigenvalue weighted by Gasteiger charge is 2.42. The summed E-state index contributed by atoms with van der Waals surface area (Å²) in [5.41, 5.74) is 4.61. The molecule has 0 aliphatic carbocycles. The lowest BCUT2D eigenvalue weighted by molar-refractivity contribution is 0.0950. The van der Waals surface area contributed by atoms with Crippen molar-refractivity contribution in [2.45, 2.75) is 85.0 Å². The predicted octanol–water partition coefficient (Wildman–Crippen LogP) is 5.34. The second-order valence-electron chi connectivity index (χ2n) is 8.79. The summed E-state index contributed by atoms with van der Waals surface area (Å²) in [6.07, 6.45) is 10.5. The van der Waals surface area contributed by atoms with Crippen LogP contribution in [0.15, 0.2) is 30.0 Å². The summed E-state index contributed by atoms with van der Waals surface area (Å²) in [4.78, 5) is 9.72. The van der Waals surface area contributed by atoms with Gasteiger partial charge in [-0.2, -0.15) is 0 Å². The van der Waals surface area contributed by atoms with E-state index in [1.54, 1.807) is 7.11 Å². The van der Waals surface area contributed by atoms with Crippen molar-refractivity contribution in [1.82, 2.24) is 9.97 Å². The highest BCUT2D eigenvalue weighted by Crippen LogP contribution is 2.31. The van der Waals surface area contributed by atoms with Gasteiger partial charge in [-0.1, -0.05) is 65.3 Å². The van der Waals surface area contributed by atoms with Crippen molar-refractivity contribution in [1.29, 1.82) is 0 Å². The summed E-state index contributed by atoms with van der Waals surface area (Å²) < 4.78 is 10.7. The maximum absolute atomic E-state index is 5.49. The van der Waals surface area contributed by atoms with Crippen LogP contribution in [0.1, 0.15) is 77.9 Å². The first-order chi connectivity index (χ1) is 12.7. The van der Waals surface area contributed by atoms with Gasteiger partial charge in [0.05, 0.1) is 17.1 Å². The average Bonchev–Trinajstić information content (AvgIpc) is 3.40. The summed E-state index contributed by atoms with van der Waals surface area (Å²) in [5.74, 6) is 0.736. The number of aryl methyl sites for hydroxylation is 1. The van der Waals surface area contributed by atoms with Crippen LogP contribution in [0, 0.1) is 5.92 Å². The molecule has 150 valence electrons. The molecule has 0 radical (unpaired) electrons. The molecule has 1 fully saturated rings.